The molecule has 1 saturated heterocycles. The van der Waals surface area contributed by atoms with E-state index in [0.29, 0.717) is 18.2 Å². The van der Waals surface area contributed by atoms with Crippen LogP contribution in [0.3, 0.4) is 0 Å². The number of likely N-dealkylation sites (tertiary alicyclic amines) is 1. The summed E-state index contributed by atoms with van der Waals surface area (Å²) in [5.74, 6) is 1.23. The van der Waals surface area contributed by atoms with Crippen LogP contribution in [0.5, 0.6) is 0 Å². The molecule has 1 fully saturated rings. The van der Waals surface area contributed by atoms with Crippen LogP contribution in [0.25, 0.3) is 0 Å². The van der Waals surface area contributed by atoms with Gasteiger partial charge in [-0.15, -0.1) is 10.2 Å². The molecule has 5 heteroatoms. The van der Waals surface area contributed by atoms with Gasteiger partial charge in [0.1, 0.15) is 6.04 Å². The molecule has 1 aromatic rings. The topological polar surface area (TPSA) is 59.2 Å². The Morgan fingerprint density at radius 2 is 2.31 bits per heavy atom. The van der Waals surface area contributed by atoms with E-state index in [2.05, 4.69) is 10.2 Å². The van der Waals surface area contributed by atoms with Crippen LogP contribution < -0.4 is 0 Å². The van der Waals surface area contributed by atoms with Gasteiger partial charge in [-0.1, -0.05) is 0 Å². The van der Waals surface area contributed by atoms with Gasteiger partial charge in [-0.3, -0.25) is 4.79 Å². The van der Waals surface area contributed by atoms with E-state index >= 15 is 0 Å². The van der Waals surface area contributed by atoms with Gasteiger partial charge in [-0.2, -0.15) is 0 Å². The van der Waals surface area contributed by atoms with Gasteiger partial charge >= 0.3 is 0 Å². The fourth-order valence-electron chi connectivity index (χ4n) is 1.54. The molecule has 1 atom stereocenters. The van der Waals surface area contributed by atoms with E-state index in [1.807, 2.05) is 0 Å². The van der Waals surface area contributed by atoms with Crippen molar-refractivity contribution >= 4 is 5.91 Å². The lowest BCUT2D eigenvalue weighted by Gasteiger charge is -2.15. The second-order valence-electron chi connectivity index (χ2n) is 3.22. The highest BCUT2D eigenvalue weighted by Gasteiger charge is 2.32. The number of hydrogen-bond donors (Lipinski definition) is 0. The predicted octanol–water partition coefficient (Wildman–Crippen LogP) is 0.671. The predicted molar refractivity (Wildman–Crippen MR) is 43.8 cm³/mol. The summed E-state index contributed by atoms with van der Waals surface area (Å²) in [6.07, 6.45) is 1.35. The van der Waals surface area contributed by atoms with E-state index in [-0.39, 0.29) is 11.9 Å². The maximum Gasteiger partial charge on any atom is 0.238 e. The highest BCUT2D eigenvalue weighted by atomic mass is 16.4. The van der Waals surface area contributed by atoms with Crippen LogP contribution in [0.1, 0.15) is 30.7 Å². The van der Waals surface area contributed by atoms with Crippen LogP contribution in [0.15, 0.2) is 4.42 Å². The molecular weight excluding hydrogens is 170 g/mol. The Morgan fingerprint density at radius 3 is 2.77 bits per heavy atom. The molecule has 70 valence electrons. The first-order valence-electron chi connectivity index (χ1n) is 4.24. The minimum absolute atomic E-state index is 0.0197. The lowest BCUT2D eigenvalue weighted by atomic mass is 10.2. The van der Waals surface area contributed by atoms with Gasteiger partial charge < -0.3 is 9.32 Å². The van der Waals surface area contributed by atoms with Crippen molar-refractivity contribution in [2.24, 2.45) is 0 Å². The highest BCUT2D eigenvalue weighted by molar-refractivity contribution is 5.78. The molecule has 2 heterocycles. The molecule has 13 heavy (non-hydrogen) atoms. The Kier molecular flexibility index (Phi) is 1.79. The Morgan fingerprint density at radius 1 is 1.54 bits per heavy atom. The summed E-state index contributed by atoms with van der Waals surface area (Å²) >= 11 is 0. The SMILES string of the molecule is Cc1nnc(C2CCC(=O)N2C)o1. The van der Waals surface area contributed by atoms with Crippen LogP contribution in [-0.2, 0) is 4.79 Å². The Bertz CT molecular complexity index is 334. The van der Waals surface area contributed by atoms with E-state index in [1.54, 1.807) is 18.9 Å². The summed E-state index contributed by atoms with van der Waals surface area (Å²) in [6.45, 7) is 1.74. The number of aromatic nitrogens is 2. The molecule has 0 saturated carbocycles. The molecule has 1 aliphatic rings. The molecule has 2 rings (SSSR count). The molecule has 0 N–H and O–H groups in total. The zero-order chi connectivity index (χ0) is 9.42. The van der Waals surface area contributed by atoms with E-state index < -0.39 is 0 Å². The number of hydrogen-bond acceptors (Lipinski definition) is 4. The Hall–Kier alpha value is -1.39. The van der Waals surface area contributed by atoms with Crippen LogP contribution >= 0.6 is 0 Å². The van der Waals surface area contributed by atoms with E-state index in [1.165, 1.54) is 0 Å². The number of aryl methyl sites for hydroxylation is 1. The van der Waals surface area contributed by atoms with Crippen LogP contribution in [-0.4, -0.2) is 28.1 Å². The first-order chi connectivity index (χ1) is 6.18. The van der Waals surface area contributed by atoms with Crippen molar-refractivity contribution < 1.29 is 9.21 Å². The smallest absolute Gasteiger partial charge is 0.238 e. The van der Waals surface area contributed by atoms with Crippen molar-refractivity contribution in [3.63, 3.8) is 0 Å². The van der Waals surface area contributed by atoms with Crippen LogP contribution in [0.4, 0.5) is 0 Å². The molecule has 1 aromatic heterocycles. The van der Waals surface area contributed by atoms with Crippen LogP contribution in [0.2, 0.25) is 0 Å². The molecular formula is C8H11N3O2. The highest BCUT2D eigenvalue weighted by Crippen LogP contribution is 2.29. The van der Waals surface area contributed by atoms with Crippen molar-refractivity contribution in [3.05, 3.63) is 11.8 Å². The average Bonchev–Trinajstić information content (AvgIpc) is 2.62. The average molecular weight is 181 g/mol. The third-order valence-electron chi connectivity index (χ3n) is 2.32. The number of carbonyl (C=O) groups is 1. The molecule has 0 aliphatic carbocycles. The van der Waals surface area contributed by atoms with Crippen LogP contribution in [0, 0.1) is 6.92 Å². The monoisotopic (exact) mass is 181 g/mol. The van der Waals surface area contributed by atoms with Gasteiger partial charge in [0.25, 0.3) is 0 Å². The van der Waals surface area contributed by atoms with Crippen molar-refractivity contribution in [2.75, 3.05) is 7.05 Å². The molecule has 1 aliphatic heterocycles. The third kappa shape index (κ3) is 1.30. The number of rotatable bonds is 1. The molecule has 0 bridgehead atoms. The second-order valence-corrected chi connectivity index (χ2v) is 3.22. The molecule has 0 aromatic carbocycles. The van der Waals surface area contributed by atoms with E-state index in [4.69, 9.17) is 4.42 Å². The second kappa shape index (κ2) is 2.83. The molecule has 5 nitrogen and oxygen atoms in total. The minimum Gasteiger partial charge on any atom is -0.423 e. The van der Waals surface area contributed by atoms with Gasteiger partial charge in [0.2, 0.25) is 17.7 Å². The van der Waals surface area contributed by atoms with Crippen molar-refractivity contribution in [3.8, 4) is 0 Å². The zero-order valence-electron chi connectivity index (χ0n) is 7.65. The lowest BCUT2D eigenvalue weighted by molar-refractivity contribution is -0.127. The summed E-state index contributed by atoms with van der Waals surface area (Å²) in [6, 6.07) is -0.0197. The van der Waals surface area contributed by atoms with E-state index in [9.17, 15) is 4.79 Å². The van der Waals surface area contributed by atoms with Gasteiger partial charge in [-0.05, 0) is 6.42 Å². The summed E-state index contributed by atoms with van der Waals surface area (Å²) < 4.78 is 5.27. The van der Waals surface area contributed by atoms with Crippen molar-refractivity contribution in [2.45, 2.75) is 25.8 Å². The fraction of sp³-hybridized carbons (Fsp3) is 0.625. The number of nitrogens with zero attached hydrogens (tertiary/aromatic N) is 3. The number of amides is 1. The van der Waals surface area contributed by atoms with Crippen molar-refractivity contribution in [1.82, 2.24) is 15.1 Å². The fourth-order valence-corrected chi connectivity index (χ4v) is 1.54. The van der Waals surface area contributed by atoms with Crippen molar-refractivity contribution in [1.29, 1.82) is 0 Å². The number of carbonyl (C=O) groups excluding carboxylic acids is 1. The van der Waals surface area contributed by atoms with Gasteiger partial charge in [0, 0.05) is 20.4 Å². The molecule has 1 unspecified atom stereocenters. The summed E-state index contributed by atoms with van der Waals surface area (Å²) in [5.41, 5.74) is 0. The van der Waals surface area contributed by atoms with E-state index in [0.717, 1.165) is 6.42 Å². The Labute approximate surface area is 75.7 Å². The zero-order valence-corrected chi connectivity index (χ0v) is 7.65. The molecule has 1 amide bonds. The maximum absolute atomic E-state index is 11.2. The largest absolute Gasteiger partial charge is 0.423 e. The Balaban J connectivity index is 2.23. The molecule has 0 spiro atoms. The minimum atomic E-state index is -0.0197. The quantitative estimate of drug-likeness (QED) is 0.639. The molecule has 0 radical (unpaired) electrons. The van der Waals surface area contributed by atoms with Gasteiger partial charge in [0.15, 0.2) is 0 Å². The first kappa shape index (κ1) is 8.22. The maximum atomic E-state index is 11.2. The lowest BCUT2D eigenvalue weighted by Crippen LogP contribution is -2.22. The standard InChI is InChI=1S/C8H11N3O2/c1-5-9-10-8(13-5)6-3-4-7(12)11(6)2/h6H,3-4H2,1-2H3. The van der Waals surface area contributed by atoms with Gasteiger partial charge in [-0.25, -0.2) is 0 Å². The summed E-state index contributed by atoms with van der Waals surface area (Å²) in [4.78, 5) is 12.9. The summed E-state index contributed by atoms with van der Waals surface area (Å²) in [7, 11) is 1.76. The van der Waals surface area contributed by atoms with Gasteiger partial charge in [0.05, 0.1) is 0 Å². The summed E-state index contributed by atoms with van der Waals surface area (Å²) in [5, 5.41) is 7.64. The third-order valence-corrected chi connectivity index (χ3v) is 2.32. The first-order valence-corrected chi connectivity index (χ1v) is 4.24. The normalized spacial score (nSPS) is 22.8.